The molecule has 20 heavy (non-hydrogen) atoms. The summed E-state index contributed by atoms with van der Waals surface area (Å²) >= 11 is 1.98. The highest BCUT2D eigenvalue weighted by Crippen LogP contribution is 2.37. The second kappa shape index (κ2) is 5.55. The highest BCUT2D eigenvalue weighted by molar-refractivity contribution is 8.01. The second-order valence-corrected chi connectivity index (χ2v) is 6.08. The van der Waals surface area contributed by atoms with Crippen LogP contribution in [0.25, 0.3) is 0 Å². The lowest BCUT2D eigenvalue weighted by Gasteiger charge is -2.01. The topological polar surface area (TPSA) is 106 Å². The molecule has 0 aromatic carbocycles. The minimum atomic E-state index is -1.06. The van der Waals surface area contributed by atoms with Crippen LogP contribution in [0.2, 0.25) is 0 Å². The first-order valence-corrected chi connectivity index (χ1v) is 7.02. The molecule has 0 radical (unpaired) electrons. The van der Waals surface area contributed by atoms with E-state index in [2.05, 4.69) is 9.97 Å². The maximum Gasteiger partial charge on any atom is 0.347 e. The summed E-state index contributed by atoms with van der Waals surface area (Å²) in [6.45, 7) is 3.21. The van der Waals surface area contributed by atoms with E-state index in [0.717, 1.165) is 23.1 Å². The summed E-state index contributed by atoms with van der Waals surface area (Å²) in [7, 11) is 0. The molecule has 0 unspecified atom stereocenters. The van der Waals surface area contributed by atoms with Gasteiger partial charge in [0, 0.05) is 11.8 Å². The van der Waals surface area contributed by atoms with Crippen LogP contribution in [0.3, 0.4) is 0 Å². The van der Waals surface area contributed by atoms with Gasteiger partial charge in [-0.3, -0.25) is 10.1 Å². The van der Waals surface area contributed by atoms with Crippen LogP contribution in [0.5, 0.6) is 0 Å². The summed E-state index contributed by atoms with van der Waals surface area (Å²) in [6, 6.07) is 1.55. The lowest BCUT2D eigenvalue weighted by atomic mass is 10.3. The maximum absolute atomic E-state index is 11.1. The van der Waals surface area contributed by atoms with E-state index in [9.17, 15) is 14.9 Å². The minimum Gasteiger partial charge on any atom is -0.477 e. The van der Waals surface area contributed by atoms with E-state index in [4.69, 9.17) is 5.11 Å². The molecule has 104 valence electrons. The molecule has 2 aromatic rings. The van der Waals surface area contributed by atoms with Crippen LogP contribution in [0.4, 0.5) is 5.69 Å². The molecule has 9 heteroatoms. The molecular formula is C11H9N3O4S2. The van der Waals surface area contributed by atoms with Gasteiger partial charge in [0.05, 0.1) is 10.6 Å². The van der Waals surface area contributed by atoms with Crippen molar-refractivity contribution in [3.05, 3.63) is 38.5 Å². The molecule has 7 nitrogen and oxygen atoms in total. The number of aromatic nitrogens is 2. The Morgan fingerprint density at radius 2 is 2.20 bits per heavy atom. The number of rotatable bonds is 4. The highest BCUT2D eigenvalue weighted by Gasteiger charge is 2.22. The van der Waals surface area contributed by atoms with Crippen molar-refractivity contribution in [2.75, 3.05) is 0 Å². The van der Waals surface area contributed by atoms with Crippen LogP contribution < -0.4 is 0 Å². The molecule has 1 N–H and O–H groups in total. The van der Waals surface area contributed by atoms with E-state index in [1.165, 1.54) is 6.20 Å². The van der Waals surface area contributed by atoms with Gasteiger partial charge in [-0.15, -0.1) is 0 Å². The van der Waals surface area contributed by atoms with Gasteiger partial charge in [0.15, 0.2) is 9.37 Å². The number of nitrogens with zero attached hydrogens (tertiary/aromatic N) is 3. The third-order valence-corrected chi connectivity index (χ3v) is 4.63. The molecule has 0 aliphatic heterocycles. The fourth-order valence-electron chi connectivity index (χ4n) is 1.52. The zero-order valence-corrected chi connectivity index (χ0v) is 12.1. The van der Waals surface area contributed by atoms with Crippen molar-refractivity contribution in [1.82, 2.24) is 9.97 Å². The van der Waals surface area contributed by atoms with Gasteiger partial charge in [-0.2, -0.15) is 0 Å². The van der Waals surface area contributed by atoms with E-state index >= 15 is 0 Å². The first-order chi connectivity index (χ1) is 9.40. The van der Waals surface area contributed by atoms with Crippen molar-refractivity contribution in [3.8, 4) is 0 Å². The number of hydrogen-bond donors (Lipinski definition) is 1. The Morgan fingerprint density at radius 3 is 2.75 bits per heavy atom. The van der Waals surface area contributed by atoms with Crippen LogP contribution in [-0.4, -0.2) is 26.0 Å². The monoisotopic (exact) mass is 311 g/mol. The molecule has 2 heterocycles. The number of nitro groups is 1. The van der Waals surface area contributed by atoms with Crippen molar-refractivity contribution in [1.29, 1.82) is 0 Å². The SMILES string of the molecule is Cc1ccnc(Sc2nc(C)c(C(=O)O)s2)c1[N+](=O)[O-]. The summed E-state index contributed by atoms with van der Waals surface area (Å²) in [6.07, 6.45) is 1.48. The highest BCUT2D eigenvalue weighted by atomic mass is 32.2. The zero-order chi connectivity index (χ0) is 14.9. The largest absolute Gasteiger partial charge is 0.477 e. The van der Waals surface area contributed by atoms with Crippen LogP contribution in [0.1, 0.15) is 20.9 Å². The smallest absolute Gasteiger partial charge is 0.347 e. The number of aromatic carboxylic acids is 1. The molecule has 0 bridgehead atoms. The maximum atomic E-state index is 11.1. The quantitative estimate of drug-likeness (QED) is 0.683. The molecule has 0 fully saturated rings. The number of carboxylic acid groups (broad SMARTS) is 1. The number of pyridine rings is 1. The van der Waals surface area contributed by atoms with Crippen LogP contribution in [-0.2, 0) is 0 Å². The van der Waals surface area contributed by atoms with E-state index in [0.29, 0.717) is 15.6 Å². The van der Waals surface area contributed by atoms with E-state index in [1.54, 1.807) is 19.9 Å². The Morgan fingerprint density at radius 1 is 1.50 bits per heavy atom. The number of aryl methyl sites for hydroxylation is 2. The number of carbonyl (C=O) groups is 1. The van der Waals surface area contributed by atoms with E-state index in [1.807, 2.05) is 0 Å². The fourth-order valence-corrected chi connectivity index (χ4v) is 3.60. The Kier molecular flexibility index (Phi) is 4.00. The van der Waals surface area contributed by atoms with Gasteiger partial charge in [-0.1, -0.05) is 11.3 Å². The molecule has 0 spiro atoms. The molecule has 2 aromatic heterocycles. The van der Waals surface area contributed by atoms with Crippen molar-refractivity contribution in [3.63, 3.8) is 0 Å². The molecular weight excluding hydrogens is 302 g/mol. The standard InChI is InChI=1S/C11H9N3O4S2/c1-5-3-4-12-9(7(5)14(17)18)20-11-13-6(2)8(19-11)10(15)16/h3-4H,1-2H3,(H,15,16). The van der Waals surface area contributed by atoms with Gasteiger partial charge < -0.3 is 5.11 Å². The molecule has 0 amide bonds. The van der Waals surface area contributed by atoms with Gasteiger partial charge in [0.25, 0.3) is 0 Å². The lowest BCUT2D eigenvalue weighted by Crippen LogP contribution is -1.96. The Labute approximate surface area is 121 Å². The predicted molar refractivity (Wildman–Crippen MR) is 73.6 cm³/mol. The van der Waals surface area contributed by atoms with Gasteiger partial charge in [0.1, 0.15) is 4.88 Å². The summed E-state index contributed by atoms with van der Waals surface area (Å²) in [5.41, 5.74) is 0.807. The van der Waals surface area contributed by atoms with Crippen LogP contribution in [0.15, 0.2) is 21.6 Å². The summed E-state index contributed by atoms with van der Waals surface area (Å²) < 4.78 is 0.418. The first kappa shape index (κ1) is 14.4. The Hall–Kier alpha value is -2.00. The summed E-state index contributed by atoms with van der Waals surface area (Å²) in [5.74, 6) is -1.06. The van der Waals surface area contributed by atoms with Gasteiger partial charge in [-0.05, 0) is 31.7 Å². The summed E-state index contributed by atoms with van der Waals surface area (Å²) in [5, 5.41) is 20.2. The van der Waals surface area contributed by atoms with E-state index in [-0.39, 0.29) is 15.6 Å². The van der Waals surface area contributed by atoms with Crippen molar-refractivity contribution >= 4 is 34.8 Å². The minimum absolute atomic E-state index is 0.0813. The average molecular weight is 311 g/mol. The molecule has 0 saturated carbocycles. The Balaban J connectivity index is 2.40. The van der Waals surface area contributed by atoms with Crippen LogP contribution >= 0.6 is 23.1 Å². The molecule has 2 rings (SSSR count). The van der Waals surface area contributed by atoms with Crippen molar-refractivity contribution < 1.29 is 14.8 Å². The van der Waals surface area contributed by atoms with Gasteiger partial charge >= 0.3 is 11.7 Å². The first-order valence-electron chi connectivity index (χ1n) is 5.38. The van der Waals surface area contributed by atoms with Gasteiger partial charge in [-0.25, -0.2) is 14.8 Å². The van der Waals surface area contributed by atoms with Gasteiger partial charge in [0.2, 0.25) is 0 Å². The number of thiazole rings is 1. The zero-order valence-electron chi connectivity index (χ0n) is 10.5. The molecule has 0 aliphatic carbocycles. The lowest BCUT2D eigenvalue weighted by molar-refractivity contribution is -0.388. The number of hydrogen-bond acceptors (Lipinski definition) is 7. The third kappa shape index (κ3) is 2.78. The molecule has 0 saturated heterocycles. The third-order valence-electron chi connectivity index (χ3n) is 2.43. The molecule has 0 atom stereocenters. The average Bonchev–Trinajstić information content (AvgIpc) is 2.70. The van der Waals surface area contributed by atoms with Crippen molar-refractivity contribution in [2.45, 2.75) is 23.2 Å². The summed E-state index contributed by atoms with van der Waals surface area (Å²) in [4.78, 5) is 29.7. The number of carboxylic acids is 1. The second-order valence-electron chi connectivity index (χ2n) is 3.84. The normalized spacial score (nSPS) is 10.5. The fraction of sp³-hybridized carbons (Fsp3) is 0.182. The molecule has 0 aliphatic rings. The van der Waals surface area contributed by atoms with Crippen LogP contribution in [0, 0.1) is 24.0 Å². The Bertz CT molecular complexity index is 699. The predicted octanol–water partition coefficient (Wildman–Crippen LogP) is 2.91. The van der Waals surface area contributed by atoms with Crippen molar-refractivity contribution in [2.24, 2.45) is 0 Å². The van der Waals surface area contributed by atoms with E-state index < -0.39 is 10.9 Å².